The molecule has 0 bridgehead atoms. The zero-order chi connectivity index (χ0) is 8.81. The Bertz CT molecular complexity index is 179. The molecule has 0 aromatic carbocycles. The van der Waals surface area contributed by atoms with Gasteiger partial charge in [-0.05, 0) is 6.92 Å². The summed E-state index contributed by atoms with van der Waals surface area (Å²) in [5, 5.41) is 0. The highest BCUT2D eigenvalue weighted by atomic mass is 32.2. The Kier molecular flexibility index (Phi) is 4.52. The molecular formula is C9H15NOS. The van der Waals surface area contributed by atoms with E-state index in [4.69, 9.17) is 10.5 Å². The van der Waals surface area contributed by atoms with Gasteiger partial charge in [0.1, 0.15) is 0 Å². The fourth-order valence-electron chi connectivity index (χ4n) is 1.10. The summed E-state index contributed by atoms with van der Waals surface area (Å²) in [7, 11) is 0. The van der Waals surface area contributed by atoms with Gasteiger partial charge in [-0.25, -0.2) is 0 Å². The van der Waals surface area contributed by atoms with Crippen LogP contribution in [0.4, 0.5) is 0 Å². The third kappa shape index (κ3) is 3.06. The van der Waals surface area contributed by atoms with Gasteiger partial charge in [-0.2, -0.15) is 11.8 Å². The van der Waals surface area contributed by atoms with E-state index in [1.54, 1.807) is 0 Å². The standard InChI is InChI=1S/C9H15NOS/c1-2-3-4-8(10)9-7-12-6-5-11-9/h8-9H,4-7,10H2,1H3. The van der Waals surface area contributed by atoms with Crippen molar-refractivity contribution in [3.05, 3.63) is 0 Å². The van der Waals surface area contributed by atoms with Crippen LogP contribution >= 0.6 is 11.8 Å². The Labute approximate surface area is 78.2 Å². The fraction of sp³-hybridized carbons (Fsp3) is 0.778. The number of ether oxygens (including phenoxy) is 1. The quantitative estimate of drug-likeness (QED) is 0.648. The predicted molar refractivity (Wildman–Crippen MR) is 53.1 cm³/mol. The van der Waals surface area contributed by atoms with E-state index in [0.29, 0.717) is 0 Å². The summed E-state index contributed by atoms with van der Waals surface area (Å²) in [6, 6.07) is 0.0882. The Morgan fingerprint density at radius 2 is 2.58 bits per heavy atom. The van der Waals surface area contributed by atoms with Crippen LogP contribution in [0.5, 0.6) is 0 Å². The Morgan fingerprint density at radius 3 is 3.17 bits per heavy atom. The molecule has 0 spiro atoms. The van der Waals surface area contributed by atoms with E-state index in [-0.39, 0.29) is 12.1 Å². The largest absolute Gasteiger partial charge is 0.375 e. The summed E-state index contributed by atoms with van der Waals surface area (Å²) < 4.78 is 5.52. The topological polar surface area (TPSA) is 35.2 Å². The van der Waals surface area contributed by atoms with Gasteiger partial charge in [-0.15, -0.1) is 11.8 Å². The van der Waals surface area contributed by atoms with Gasteiger partial charge in [-0.3, -0.25) is 0 Å². The SMILES string of the molecule is CC#CCC(N)C1CSCCO1. The number of hydrogen-bond acceptors (Lipinski definition) is 3. The molecule has 2 nitrogen and oxygen atoms in total. The predicted octanol–water partition coefficient (Wildman–Crippen LogP) is 0.859. The molecule has 0 amide bonds. The molecule has 1 aliphatic rings. The maximum atomic E-state index is 5.89. The summed E-state index contributed by atoms with van der Waals surface area (Å²) >= 11 is 1.91. The van der Waals surface area contributed by atoms with Gasteiger partial charge >= 0.3 is 0 Å². The second-order valence-corrected chi connectivity index (χ2v) is 3.93. The van der Waals surface area contributed by atoms with Crippen LogP contribution in [0.15, 0.2) is 0 Å². The van der Waals surface area contributed by atoms with Crippen LogP contribution in [0.3, 0.4) is 0 Å². The highest BCUT2D eigenvalue weighted by Crippen LogP contribution is 2.15. The maximum Gasteiger partial charge on any atom is 0.0825 e. The normalized spacial score (nSPS) is 25.7. The van der Waals surface area contributed by atoms with Crippen LogP contribution in [0.25, 0.3) is 0 Å². The third-order valence-electron chi connectivity index (χ3n) is 1.83. The van der Waals surface area contributed by atoms with E-state index in [1.807, 2.05) is 18.7 Å². The van der Waals surface area contributed by atoms with Crippen molar-refractivity contribution in [2.75, 3.05) is 18.1 Å². The van der Waals surface area contributed by atoms with Gasteiger partial charge in [0.25, 0.3) is 0 Å². The minimum atomic E-state index is 0.0882. The molecule has 1 heterocycles. The molecule has 2 atom stereocenters. The van der Waals surface area contributed by atoms with Crippen LogP contribution in [0, 0.1) is 11.8 Å². The zero-order valence-corrected chi connectivity index (χ0v) is 8.19. The second kappa shape index (κ2) is 5.47. The van der Waals surface area contributed by atoms with Gasteiger partial charge in [0.15, 0.2) is 0 Å². The lowest BCUT2D eigenvalue weighted by atomic mass is 10.1. The summed E-state index contributed by atoms with van der Waals surface area (Å²) in [6.07, 6.45) is 0.964. The molecule has 12 heavy (non-hydrogen) atoms. The molecule has 0 saturated carbocycles. The molecule has 1 aliphatic heterocycles. The van der Waals surface area contributed by atoms with Crippen molar-refractivity contribution in [1.29, 1.82) is 0 Å². The monoisotopic (exact) mass is 185 g/mol. The summed E-state index contributed by atoms with van der Waals surface area (Å²) in [5.41, 5.74) is 5.89. The van der Waals surface area contributed by atoms with E-state index in [0.717, 1.165) is 24.5 Å². The Balaban J connectivity index is 2.27. The molecule has 0 radical (unpaired) electrons. The first-order valence-electron chi connectivity index (χ1n) is 4.19. The number of thioether (sulfide) groups is 1. The molecule has 1 fully saturated rings. The molecule has 2 N–H and O–H groups in total. The molecule has 68 valence electrons. The first-order valence-corrected chi connectivity index (χ1v) is 5.34. The fourth-order valence-corrected chi connectivity index (χ4v) is 2.06. The molecule has 1 saturated heterocycles. The second-order valence-electron chi connectivity index (χ2n) is 2.78. The minimum Gasteiger partial charge on any atom is -0.375 e. The third-order valence-corrected chi connectivity index (χ3v) is 2.85. The summed E-state index contributed by atoms with van der Waals surface area (Å²) in [4.78, 5) is 0. The first-order chi connectivity index (χ1) is 5.84. The van der Waals surface area contributed by atoms with Crippen LogP contribution in [0.2, 0.25) is 0 Å². The molecule has 1 rings (SSSR count). The number of rotatable bonds is 2. The van der Waals surface area contributed by atoms with Crippen molar-refractivity contribution < 1.29 is 4.74 Å². The van der Waals surface area contributed by atoms with Crippen molar-refractivity contribution in [3.63, 3.8) is 0 Å². The van der Waals surface area contributed by atoms with E-state index in [1.165, 1.54) is 0 Å². The van der Waals surface area contributed by atoms with Gasteiger partial charge < -0.3 is 10.5 Å². The highest BCUT2D eigenvalue weighted by molar-refractivity contribution is 7.99. The number of hydrogen-bond donors (Lipinski definition) is 1. The van der Waals surface area contributed by atoms with Crippen molar-refractivity contribution in [2.24, 2.45) is 5.73 Å². The average molecular weight is 185 g/mol. The number of nitrogens with two attached hydrogens (primary N) is 1. The molecule has 0 aromatic heterocycles. The smallest absolute Gasteiger partial charge is 0.0825 e. The van der Waals surface area contributed by atoms with Gasteiger partial charge in [0.2, 0.25) is 0 Å². The molecule has 3 heteroatoms. The lowest BCUT2D eigenvalue weighted by Gasteiger charge is -2.26. The molecule has 2 unspecified atom stereocenters. The maximum absolute atomic E-state index is 5.89. The van der Waals surface area contributed by atoms with Gasteiger partial charge in [0, 0.05) is 24.0 Å². The van der Waals surface area contributed by atoms with E-state index in [9.17, 15) is 0 Å². The van der Waals surface area contributed by atoms with E-state index in [2.05, 4.69) is 11.8 Å². The van der Waals surface area contributed by atoms with Crippen molar-refractivity contribution in [2.45, 2.75) is 25.5 Å². The van der Waals surface area contributed by atoms with E-state index < -0.39 is 0 Å². The van der Waals surface area contributed by atoms with Crippen molar-refractivity contribution in [1.82, 2.24) is 0 Å². The molecular weight excluding hydrogens is 170 g/mol. The minimum absolute atomic E-state index is 0.0882. The molecule has 0 aromatic rings. The summed E-state index contributed by atoms with van der Waals surface area (Å²) in [6.45, 7) is 2.67. The van der Waals surface area contributed by atoms with Crippen LogP contribution in [-0.4, -0.2) is 30.3 Å². The summed E-state index contributed by atoms with van der Waals surface area (Å²) in [5.74, 6) is 7.95. The van der Waals surface area contributed by atoms with Crippen LogP contribution in [0.1, 0.15) is 13.3 Å². The van der Waals surface area contributed by atoms with Crippen molar-refractivity contribution >= 4 is 11.8 Å². The van der Waals surface area contributed by atoms with Gasteiger partial charge in [-0.1, -0.05) is 0 Å². The lowest BCUT2D eigenvalue weighted by Crippen LogP contribution is -2.40. The first kappa shape index (κ1) is 9.91. The highest BCUT2D eigenvalue weighted by Gasteiger charge is 2.20. The zero-order valence-electron chi connectivity index (χ0n) is 7.38. The lowest BCUT2D eigenvalue weighted by molar-refractivity contribution is 0.0582. The van der Waals surface area contributed by atoms with Crippen molar-refractivity contribution in [3.8, 4) is 11.8 Å². The van der Waals surface area contributed by atoms with E-state index >= 15 is 0 Å². The average Bonchev–Trinajstić information content (AvgIpc) is 2.15. The Hall–Kier alpha value is -0.170. The molecule has 0 aliphatic carbocycles. The van der Waals surface area contributed by atoms with Gasteiger partial charge in [0.05, 0.1) is 12.7 Å². The van der Waals surface area contributed by atoms with Crippen LogP contribution < -0.4 is 5.73 Å². The van der Waals surface area contributed by atoms with Crippen LogP contribution in [-0.2, 0) is 4.74 Å². The Morgan fingerprint density at radius 1 is 1.75 bits per heavy atom.